The van der Waals surface area contributed by atoms with Gasteiger partial charge in [0, 0.05) is 36.1 Å². The summed E-state index contributed by atoms with van der Waals surface area (Å²) in [5.74, 6) is 0.166. The van der Waals surface area contributed by atoms with Crippen LogP contribution in [0.1, 0.15) is 21.5 Å². The van der Waals surface area contributed by atoms with Crippen molar-refractivity contribution in [3.8, 4) is 5.69 Å². The maximum Gasteiger partial charge on any atom is 0.253 e. The number of carbonyl (C=O) groups excluding carboxylic acids is 1. The predicted molar refractivity (Wildman–Crippen MR) is 124 cm³/mol. The predicted octanol–water partition coefficient (Wildman–Crippen LogP) is 4.11. The van der Waals surface area contributed by atoms with E-state index in [1.165, 1.54) is 17.7 Å². The number of rotatable bonds is 4. The van der Waals surface area contributed by atoms with Crippen LogP contribution in [0.15, 0.2) is 72.9 Å². The van der Waals surface area contributed by atoms with Gasteiger partial charge in [-0.3, -0.25) is 4.79 Å². The van der Waals surface area contributed by atoms with Crippen LogP contribution in [-0.4, -0.2) is 45.4 Å². The summed E-state index contributed by atoms with van der Waals surface area (Å²) in [6, 6.07) is 19.9. The Hall–Kier alpha value is -3.51. The second-order valence-electron chi connectivity index (χ2n) is 9.25. The topological polar surface area (TPSA) is 58.4 Å². The van der Waals surface area contributed by atoms with Gasteiger partial charge in [-0.25, -0.2) is 9.07 Å². The standard InChI is InChI=1S/C27H24FN3O2/c1-17-11-25-19(13-29-31(25)21-9-7-20(28)8-10-21)12-22(17)27-16-30(14-23(27)24(27)15-32)26(33)18-5-3-2-4-6-18/h2-13,23-24,32H,14-16H2,1H3/t23-,24-,27+/m0/s1. The minimum absolute atomic E-state index is 0.0433. The molecule has 1 N–H and O–H groups in total. The van der Waals surface area contributed by atoms with Crippen molar-refractivity contribution in [2.45, 2.75) is 12.3 Å². The van der Waals surface area contributed by atoms with Gasteiger partial charge in [0.1, 0.15) is 5.82 Å². The number of likely N-dealkylation sites (tertiary alicyclic amines) is 1. The lowest BCUT2D eigenvalue weighted by atomic mass is 9.88. The monoisotopic (exact) mass is 441 g/mol. The SMILES string of the molecule is Cc1cc2c(cnn2-c2ccc(F)cc2)cc1[C@]12CN(C(=O)c3ccccc3)C[C@H]1[C@@H]2CO. The molecule has 0 spiro atoms. The molecule has 2 aliphatic rings. The third kappa shape index (κ3) is 2.94. The highest BCUT2D eigenvalue weighted by Crippen LogP contribution is 2.64. The fraction of sp³-hybridized carbons (Fsp3) is 0.259. The van der Waals surface area contributed by atoms with E-state index in [2.05, 4.69) is 24.2 Å². The van der Waals surface area contributed by atoms with Gasteiger partial charge in [0.25, 0.3) is 5.91 Å². The number of hydrogen-bond donors (Lipinski definition) is 1. The number of benzene rings is 3. The average Bonchev–Trinajstić information content (AvgIpc) is 3.12. The first-order valence-corrected chi connectivity index (χ1v) is 11.2. The Balaban J connectivity index is 1.37. The number of aliphatic hydroxyl groups is 1. The number of aryl methyl sites for hydroxylation is 1. The minimum Gasteiger partial charge on any atom is -0.396 e. The van der Waals surface area contributed by atoms with E-state index in [4.69, 9.17) is 0 Å². The molecule has 6 rings (SSSR count). The Kier molecular flexibility index (Phi) is 4.42. The van der Waals surface area contributed by atoms with Crippen LogP contribution in [0, 0.1) is 24.6 Å². The highest BCUT2D eigenvalue weighted by molar-refractivity contribution is 5.95. The quantitative estimate of drug-likeness (QED) is 0.519. The first kappa shape index (κ1) is 20.1. The maximum atomic E-state index is 13.4. The van der Waals surface area contributed by atoms with Crippen molar-refractivity contribution >= 4 is 16.8 Å². The third-order valence-corrected chi connectivity index (χ3v) is 7.56. The molecule has 33 heavy (non-hydrogen) atoms. The number of fused-ring (bicyclic) bond motifs is 2. The molecule has 1 amide bonds. The average molecular weight is 442 g/mol. The van der Waals surface area contributed by atoms with Gasteiger partial charge in [0.15, 0.2) is 0 Å². The maximum absolute atomic E-state index is 13.4. The molecular formula is C27H24FN3O2. The molecule has 2 fully saturated rings. The summed E-state index contributed by atoms with van der Waals surface area (Å²) >= 11 is 0. The Morgan fingerprint density at radius 1 is 1.15 bits per heavy atom. The van der Waals surface area contributed by atoms with Gasteiger partial charge in [-0.05, 0) is 78.4 Å². The minimum atomic E-state index is -0.279. The summed E-state index contributed by atoms with van der Waals surface area (Å²) in [4.78, 5) is 15.0. The summed E-state index contributed by atoms with van der Waals surface area (Å²) < 4.78 is 15.2. The molecule has 1 saturated heterocycles. The summed E-state index contributed by atoms with van der Waals surface area (Å²) in [6.45, 7) is 3.46. The number of piperidine rings is 1. The largest absolute Gasteiger partial charge is 0.396 e. The van der Waals surface area contributed by atoms with Crippen molar-refractivity contribution in [1.82, 2.24) is 14.7 Å². The molecule has 1 aromatic heterocycles. The van der Waals surface area contributed by atoms with Crippen molar-refractivity contribution in [2.24, 2.45) is 11.8 Å². The van der Waals surface area contributed by atoms with Crippen LogP contribution in [0.3, 0.4) is 0 Å². The normalized spacial score (nSPS) is 23.7. The van der Waals surface area contributed by atoms with Crippen LogP contribution in [0.4, 0.5) is 4.39 Å². The van der Waals surface area contributed by atoms with Gasteiger partial charge in [-0.15, -0.1) is 0 Å². The van der Waals surface area contributed by atoms with Crippen molar-refractivity contribution < 1.29 is 14.3 Å². The van der Waals surface area contributed by atoms with E-state index in [0.717, 1.165) is 22.2 Å². The van der Waals surface area contributed by atoms with E-state index < -0.39 is 0 Å². The number of nitrogens with zero attached hydrogens (tertiary/aromatic N) is 3. The molecule has 1 aliphatic carbocycles. The Labute approximate surface area is 191 Å². The Morgan fingerprint density at radius 3 is 2.64 bits per heavy atom. The lowest BCUT2D eigenvalue weighted by molar-refractivity contribution is 0.0754. The summed E-state index contributed by atoms with van der Waals surface area (Å²) in [6.07, 6.45) is 1.82. The van der Waals surface area contributed by atoms with E-state index in [9.17, 15) is 14.3 Å². The molecule has 1 aliphatic heterocycles. The molecule has 0 radical (unpaired) electrons. The number of hydrogen-bond acceptors (Lipinski definition) is 3. The number of amides is 1. The molecular weight excluding hydrogens is 417 g/mol. The summed E-state index contributed by atoms with van der Waals surface area (Å²) in [7, 11) is 0. The first-order chi connectivity index (χ1) is 16.0. The smallest absolute Gasteiger partial charge is 0.253 e. The van der Waals surface area contributed by atoms with Crippen molar-refractivity contribution in [2.75, 3.05) is 19.7 Å². The van der Waals surface area contributed by atoms with Gasteiger partial charge in [0.2, 0.25) is 0 Å². The Bertz CT molecular complexity index is 1370. The second kappa shape index (κ2) is 7.25. The van der Waals surface area contributed by atoms with Crippen molar-refractivity contribution in [3.05, 3.63) is 95.4 Å². The number of aromatic nitrogens is 2. The molecule has 0 unspecified atom stereocenters. The van der Waals surface area contributed by atoms with Gasteiger partial charge in [0.05, 0.1) is 17.4 Å². The zero-order valence-corrected chi connectivity index (χ0v) is 18.3. The van der Waals surface area contributed by atoms with E-state index in [1.807, 2.05) is 46.1 Å². The lowest BCUT2D eigenvalue weighted by Crippen LogP contribution is -2.35. The molecule has 6 heteroatoms. The molecule has 1 saturated carbocycles. The number of halogens is 1. The lowest BCUT2D eigenvalue weighted by Gasteiger charge is -2.25. The summed E-state index contributed by atoms with van der Waals surface area (Å²) in [5.41, 5.74) is 4.52. The van der Waals surface area contributed by atoms with Gasteiger partial charge < -0.3 is 10.0 Å². The van der Waals surface area contributed by atoms with Gasteiger partial charge in [-0.2, -0.15) is 5.10 Å². The zero-order valence-electron chi connectivity index (χ0n) is 18.3. The summed E-state index contributed by atoms with van der Waals surface area (Å²) in [5, 5.41) is 15.6. The molecule has 5 nitrogen and oxygen atoms in total. The van der Waals surface area contributed by atoms with E-state index in [-0.39, 0.29) is 35.6 Å². The van der Waals surface area contributed by atoms with Crippen LogP contribution in [-0.2, 0) is 5.41 Å². The van der Waals surface area contributed by atoms with Crippen LogP contribution in [0.25, 0.3) is 16.6 Å². The van der Waals surface area contributed by atoms with E-state index in [1.54, 1.807) is 12.1 Å². The van der Waals surface area contributed by atoms with Crippen LogP contribution >= 0.6 is 0 Å². The van der Waals surface area contributed by atoms with E-state index >= 15 is 0 Å². The zero-order chi connectivity index (χ0) is 22.7. The first-order valence-electron chi connectivity index (χ1n) is 11.2. The Morgan fingerprint density at radius 2 is 1.91 bits per heavy atom. The van der Waals surface area contributed by atoms with Crippen LogP contribution < -0.4 is 0 Å². The molecule has 4 aromatic rings. The van der Waals surface area contributed by atoms with Crippen molar-refractivity contribution in [1.29, 1.82) is 0 Å². The van der Waals surface area contributed by atoms with Crippen molar-refractivity contribution in [3.63, 3.8) is 0 Å². The van der Waals surface area contributed by atoms with Crippen LogP contribution in [0.2, 0.25) is 0 Å². The van der Waals surface area contributed by atoms with Gasteiger partial charge >= 0.3 is 0 Å². The molecule has 2 heterocycles. The molecule has 166 valence electrons. The highest BCUT2D eigenvalue weighted by Gasteiger charge is 2.70. The van der Waals surface area contributed by atoms with Crippen LogP contribution in [0.5, 0.6) is 0 Å². The number of aliphatic hydroxyl groups excluding tert-OH is 1. The highest BCUT2D eigenvalue weighted by atomic mass is 19.1. The molecule has 0 bridgehead atoms. The van der Waals surface area contributed by atoms with E-state index in [0.29, 0.717) is 18.7 Å². The second-order valence-corrected chi connectivity index (χ2v) is 9.25. The third-order valence-electron chi connectivity index (χ3n) is 7.56. The number of carbonyl (C=O) groups is 1. The fourth-order valence-corrected chi connectivity index (χ4v) is 5.91. The van der Waals surface area contributed by atoms with Gasteiger partial charge in [-0.1, -0.05) is 18.2 Å². The molecule has 3 atom stereocenters. The molecule has 3 aromatic carbocycles. The fourth-order valence-electron chi connectivity index (χ4n) is 5.91.